The Morgan fingerprint density at radius 2 is 1.86 bits per heavy atom. The van der Waals surface area contributed by atoms with Gasteiger partial charge in [-0.3, -0.25) is 0 Å². The minimum Gasteiger partial charge on any atom is -0.368 e. The molecule has 0 aromatic carbocycles. The van der Waals surface area contributed by atoms with Crippen LogP contribution >= 0.6 is 0 Å². The van der Waals surface area contributed by atoms with Gasteiger partial charge in [-0.15, -0.1) is 0 Å². The van der Waals surface area contributed by atoms with Crippen LogP contribution in [0.2, 0.25) is 0 Å². The standard InChI is InChI=1S/C13H18F5N3/c1-4-5-19-11-9(14)6-10(15)12(20-11)21(8(2)3)7-13(16,17)18/h6,8H,4-5,7H2,1-3H3,(H,19,20). The van der Waals surface area contributed by atoms with Crippen molar-refractivity contribution in [1.82, 2.24) is 4.98 Å². The van der Waals surface area contributed by atoms with Crippen LogP contribution in [0.25, 0.3) is 0 Å². The number of hydrogen-bond donors (Lipinski definition) is 1. The first kappa shape index (κ1) is 17.5. The van der Waals surface area contributed by atoms with Gasteiger partial charge < -0.3 is 10.2 Å². The molecule has 1 rings (SSSR count). The number of pyridine rings is 1. The Kier molecular flexibility index (Phi) is 5.74. The second kappa shape index (κ2) is 6.91. The van der Waals surface area contributed by atoms with Crippen LogP contribution in [-0.2, 0) is 0 Å². The Labute approximate surface area is 120 Å². The van der Waals surface area contributed by atoms with E-state index in [0.717, 1.165) is 4.90 Å². The molecule has 0 amide bonds. The molecule has 0 saturated carbocycles. The highest BCUT2D eigenvalue weighted by Gasteiger charge is 2.34. The predicted octanol–water partition coefficient (Wildman–Crippen LogP) is 3.96. The van der Waals surface area contributed by atoms with E-state index in [-0.39, 0.29) is 5.82 Å². The van der Waals surface area contributed by atoms with Gasteiger partial charge in [0.1, 0.15) is 6.54 Å². The van der Waals surface area contributed by atoms with Gasteiger partial charge in [0.05, 0.1) is 0 Å². The zero-order valence-corrected chi connectivity index (χ0v) is 12.1. The normalized spacial score (nSPS) is 11.9. The van der Waals surface area contributed by atoms with Gasteiger partial charge in [-0.25, -0.2) is 13.8 Å². The third-order valence-electron chi connectivity index (χ3n) is 2.70. The summed E-state index contributed by atoms with van der Waals surface area (Å²) in [6, 6.07) is -0.0929. The molecule has 120 valence electrons. The SMILES string of the molecule is CCCNc1nc(N(CC(F)(F)F)C(C)C)c(F)cc1F. The van der Waals surface area contributed by atoms with E-state index >= 15 is 0 Å². The molecule has 0 atom stereocenters. The van der Waals surface area contributed by atoms with Crippen LogP contribution in [0.1, 0.15) is 27.2 Å². The van der Waals surface area contributed by atoms with Crippen molar-refractivity contribution in [3.05, 3.63) is 17.7 Å². The number of rotatable bonds is 6. The first-order valence-electron chi connectivity index (χ1n) is 6.59. The van der Waals surface area contributed by atoms with E-state index in [4.69, 9.17) is 0 Å². The molecule has 3 nitrogen and oxygen atoms in total. The van der Waals surface area contributed by atoms with Crippen LogP contribution in [0.15, 0.2) is 6.07 Å². The van der Waals surface area contributed by atoms with Crippen molar-refractivity contribution in [3.63, 3.8) is 0 Å². The Hall–Kier alpha value is -1.60. The molecule has 0 fully saturated rings. The molecule has 1 heterocycles. The molecule has 1 N–H and O–H groups in total. The number of halogens is 5. The Morgan fingerprint density at radius 1 is 1.24 bits per heavy atom. The predicted molar refractivity (Wildman–Crippen MR) is 71.5 cm³/mol. The van der Waals surface area contributed by atoms with Crippen LogP contribution in [-0.4, -0.2) is 30.3 Å². The second-order valence-corrected chi connectivity index (χ2v) is 4.89. The smallest absolute Gasteiger partial charge is 0.368 e. The van der Waals surface area contributed by atoms with E-state index in [1.807, 2.05) is 6.92 Å². The summed E-state index contributed by atoms with van der Waals surface area (Å²) in [5.74, 6) is -2.81. The number of anilines is 2. The quantitative estimate of drug-likeness (QED) is 0.806. The van der Waals surface area contributed by atoms with Crippen molar-refractivity contribution in [2.75, 3.05) is 23.3 Å². The molecule has 0 aliphatic rings. The van der Waals surface area contributed by atoms with E-state index in [1.54, 1.807) is 0 Å². The number of nitrogens with one attached hydrogen (secondary N) is 1. The monoisotopic (exact) mass is 311 g/mol. The lowest BCUT2D eigenvalue weighted by Gasteiger charge is -2.29. The fourth-order valence-electron chi connectivity index (χ4n) is 1.72. The van der Waals surface area contributed by atoms with Crippen LogP contribution < -0.4 is 10.2 Å². The molecule has 0 aliphatic carbocycles. The third kappa shape index (κ3) is 5.02. The van der Waals surface area contributed by atoms with Crippen molar-refractivity contribution >= 4 is 11.6 Å². The largest absolute Gasteiger partial charge is 0.405 e. The Morgan fingerprint density at radius 3 is 2.33 bits per heavy atom. The van der Waals surface area contributed by atoms with Gasteiger partial charge in [0.15, 0.2) is 23.3 Å². The maximum Gasteiger partial charge on any atom is 0.405 e. The molecular weight excluding hydrogens is 293 g/mol. The molecule has 0 saturated heterocycles. The number of hydrogen-bond acceptors (Lipinski definition) is 3. The highest BCUT2D eigenvalue weighted by Crippen LogP contribution is 2.27. The minimum absolute atomic E-state index is 0.249. The van der Waals surface area contributed by atoms with E-state index in [2.05, 4.69) is 10.3 Å². The average molecular weight is 311 g/mol. The van der Waals surface area contributed by atoms with Crippen molar-refractivity contribution in [2.45, 2.75) is 39.4 Å². The fraction of sp³-hybridized carbons (Fsp3) is 0.615. The second-order valence-electron chi connectivity index (χ2n) is 4.89. The van der Waals surface area contributed by atoms with Crippen LogP contribution in [0.3, 0.4) is 0 Å². The summed E-state index contributed by atoms with van der Waals surface area (Å²) >= 11 is 0. The lowest BCUT2D eigenvalue weighted by Crippen LogP contribution is -2.40. The fourth-order valence-corrected chi connectivity index (χ4v) is 1.72. The minimum atomic E-state index is -4.51. The summed E-state index contributed by atoms with van der Waals surface area (Å²) in [7, 11) is 0. The van der Waals surface area contributed by atoms with E-state index in [9.17, 15) is 22.0 Å². The Balaban J connectivity index is 3.18. The topological polar surface area (TPSA) is 28.2 Å². The third-order valence-corrected chi connectivity index (χ3v) is 2.70. The molecule has 0 aliphatic heterocycles. The molecule has 1 aromatic rings. The van der Waals surface area contributed by atoms with Crippen molar-refractivity contribution in [3.8, 4) is 0 Å². The summed E-state index contributed by atoms with van der Waals surface area (Å²) < 4.78 is 65.1. The van der Waals surface area contributed by atoms with Gasteiger partial charge in [-0.2, -0.15) is 13.2 Å². The van der Waals surface area contributed by atoms with Gasteiger partial charge >= 0.3 is 6.18 Å². The maximum atomic E-state index is 13.8. The van der Waals surface area contributed by atoms with Crippen LogP contribution in [0.4, 0.5) is 33.6 Å². The molecule has 21 heavy (non-hydrogen) atoms. The lowest BCUT2D eigenvalue weighted by molar-refractivity contribution is -0.120. The zero-order valence-electron chi connectivity index (χ0n) is 12.1. The molecule has 8 heteroatoms. The molecule has 0 spiro atoms. The average Bonchev–Trinajstić information content (AvgIpc) is 2.34. The molecule has 1 aromatic heterocycles. The maximum absolute atomic E-state index is 13.8. The van der Waals surface area contributed by atoms with Gasteiger partial charge in [0.25, 0.3) is 0 Å². The van der Waals surface area contributed by atoms with Gasteiger partial charge in [0.2, 0.25) is 0 Å². The molecular formula is C13H18F5N3. The summed E-state index contributed by atoms with van der Waals surface area (Å²) in [6.45, 7) is 3.83. The van der Waals surface area contributed by atoms with Crippen molar-refractivity contribution in [2.24, 2.45) is 0 Å². The lowest BCUT2D eigenvalue weighted by atomic mass is 10.2. The molecule has 0 radical (unpaired) electrons. The van der Waals surface area contributed by atoms with Crippen LogP contribution in [0.5, 0.6) is 0 Å². The summed E-state index contributed by atoms with van der Waals surface area (Å²) in [6.07, 6.45) is -3.84. The van der Waals surface area contributed by atoms with Crippen LogP contribution in [0, 0.1) is 11.6 Å². The highest BCUT2D eigenvalue weighted by molar-refractivity contribution is 5.50. The zero-order chi connectivity index (χ0) is 16.2. The summed E-state index contributed by atoms with van der Waals surface area (Å²) in [5.41, 5.74) is 0. The first-order chi connectivity index (χ1) is 9.65. The number of alkyl halides is 3. The van der Waals surface area contributed by atoms with Gasteiger partial charge in [0, 0.05) is 18.7 Å². The van der Waals surface area contributed by atoms with E-state index in [1.165, 1.54) is 13.8 Å². The first-order valence-corrected chi connectivity index (χ1v) is 6.59. The Bertz CT molecular complexity index is 474. The summed E-state index contributed by atoms with van der Waals surface area (Å²) in [4.78, 5) is 4.44. The van der Waals surface area contributed by atoms with Crippen molar-refractivity contribution < 1.29 is 22.0 Å². The molecule has 0 unspecified atom stereocenters. The van der Waals surface area contributed by atoms with E-state index in [0.29, 0.717) is 19.0 Å². The van der Waals surface area contributed by atoms with Gasteiger partial charge in [-0.1, -0.05) is 6.92 Å². The van der Waals surface area contributed by atoms with E-state index < -0.39 is 36.2 Å². The summed E-state index contributed by atoms with van der Waals surface area (Å²) in [5, 5.41) is 2.63. The van der Waals surface area contributed by atoms with Gasteiger partial charge in [-0.05, 0) is 20.3 Å². The molecule has 0 bridgehead atoms. The number of nitrogens with zero attached hydrogens (tertiary/aromatic N) is 2. The highest BCUT2D eigenvalue weighted by atomic mass is 19.4. The number of aromatic nitrogens is 1. The van der Waals surface area contributed by atoms with Crippen molar-refractivity contribution in [1.29, 1.82) is 0 Å².